The molecule has 0 spiro atoms. The Hall–Kier alpha value is -4.20. The summed E-state index contributed by atoms with van der Waals surface area (Å²) in [6.07, 6.45) is -1.51. The lowest BCUT2D eigenvalue weighted by Gasteiger charge is -2.38. The summed E-state index contributed by atoms with van der Waals surface area (Å²) in [5, 5.41) is 4.60. The smallest absolute Gasteiger partial charge is 0.279 e. The minimum absolute atomic E-state index is 0.343. The summed E-state index contributed by atoms with van der Waals surface area (Å²) < 4.78 is 16.5. The molecule has 2 atom stereocenters. The number of hydrogen-bond acceptors (Lipinski definition) is 6. The van der Waals surface area contributed by atoms with Gasteiger partial charge in [-0.2, -0.15) is 0 Å². The van der Waals surface area contributed by atoms with E-state index in [1.807, 2.05) is 36.4 Å². The number of rotatable bonds is 7. The van der Waals surface area contributed by atoms with Gasteiger partial charge in [0.15, 0.2) is 17.6 Å². The van der Waals surface area contributed by atoms with Gasteiger partial charge in [-0.3, -0.25) is 15.0 Å². The Bertz CT molecular complexity index is 1150. The van der Waals surface area contributed by atoms with Crippen LogP contribution in [0.2, 0.25) is 0 Å². The molecule has 4 rings (SSSR count). The van der Waals surface area contributed by atoms with Crippen LogP contribution in [0.3, 0.4) is 0 Å². The highest BCUT2D eigenvalue weighted by atomic mass is 16.5. The lowest BCUT2D eigenvalue weighted by atomic mass is 10.0. The van der Waals surface area contributed by atoms with Gasteiger partial charge in [0.1, 0.15) is 11.9 Å². The molecule has 1 heterocycles. The van der Waals surface area contributed by atoms with Crippen LogP contribution in [-0.4, -0.2) is 37.1 Å². The molecular weight excluding hydrogens is 422 g/mol. The van der Waals surface area contributed by atoms with Crippen molar-refractivity contribution in [3.05, 3.63) is 83.9 Å². The molecule has 1 aliphatic heterocycles. The maximum atomic E-state index is 13.4. The van der Waals surface area contributed by atoms with Crippen LogP contribution in [0.1, 0.15) is 29.0 Å². The summed E-state index contributed by atoms with van der Waals surface area (Å²) in [6.45, 7) is 1.63. The molecule has 8 heteroatoms. The van der Waals surface area contributed by atoms with Gasteiger partial charge in [-0.15, -0.1) is 0 Å². The van der Waals surface area contributed by atoms with E-state index in [1.165, 1.54) is 5.01 Å². The van der Waals surface area contributed by atoms with Crippen molar-refractivity contribution in [2.24, 2.45) is 0 Å². The number of carbonyl (C=O) groups is 2. The lowest BCUT2D eigenvalue weighted by molar-refractivity contribution is -0.132. The minimum Gasteiger partial charge on any atom is -0.493 e. The van der Waals surface area contributed by atoms with Crippen LogP contribution in [0.4, 0.5) is 5.69 Å². The van der Waals surface area contributed by atoms with Gasteiger partial charge in [0.25, 0.3) is 11.8 Å². The Labute approximate surface area is 192 Å². The Morgan fingerprint density at radius 1 is 0.970 bits per heavy atom. The van der Waals surface area contributed by atoms with E-state index in [0.29, 0.717) is 34.1 Å². The number of para-hydroxylation sites is 2. The Balaban J connectivity index is 1.64. The zero-order valence-corrected chi connectivity index (χ0v) is 18.6. The van der Waals surface area contributed by atoms with Crippen LogP contribution < -0.4 is 25.0 Å². The van der Waals surface area contributed by atoms with Gasteiger partial charge in [0, 0.05) is 11.3 Å². The number of nitrogens with one attached hydrogen (secondary N) is 2. The number of anilines is 1. The number of ether oxygens (including phenoxy) is 3. The summed E-state index contributed by atoms with van der Waals surface area (Å²) >= 11 is 0. The molecule has 3 aromatic rings. The van der Waals surface area contributed by atoms with E-state index in [4.69, 9.17) is 14.2 Å². The minimum atomic E-state index is -0.830. The summed E-state index contributed by atoms with van der Waals surface area (Å²) in [5.74, 6) is 0.827. The van der Waals surface area contributed by atoms with Crippen molar-refractivity contribution >= 4 is 17.5 Å². The van der Waals surface area contributed by atoms with Crippen molar-refractivity contribution in [2.75, 3.05) is 19.5 Å². The van der Waals surface area contributed by atoms with E-state index >= 15 is 0 Å². The van der Waals surface area contributed by atoms with Gasteiger partial charge >= 0.3 is 0 Å². The number of carbonyl (C=O) groups excluding carboxylic acids is 2. The third-order valence-corrected chi connectivity index (χ3v) is 5.31. The summed E-state index contributed by atoms with van der Waals surface area (Å²) in [5.41, 5.74) is 4.55. The van der Waals surface area contributed by atoms with Gasteiger partial charge in [0.2, 0.25) is 0 Å². The van der Waals surface area contributed by atoms with E-state index in [2.05, 4.69) is 10.7 Å². The van der Waals surface area contributed by atoms with Crippen LogP contribution in [0, 0.1) is 0 Å². The normalized spacial score (nSPS) is 15.7. The quantitative estimate of drug-likeness (QED) is 0.573. The summed E-state index contributed by atoms with van der Waals surface area (Å²) in [7, 11) is 3.09. The van der Waals surface area contributed by atoms with Crippen molar-refractivity contribution in [1.29, 1.82) is 0 Å². The molecule has 2 amide bonds. The molecule has 0 saturated heterocycles. The van der Waals surface area contributed by atoms with E-state index in [9.17, 15) is 9.59 Å². The average molecular weight is 447 g/mol. The predicted molar refractivity (Wildman–Crippen MR) is 123 cm³/mol. The van der Waals surface area contributed by atoms with E-state index in [-0.39, 0.29) is 5.91 Å². The van der Waals surface area contributed by atoms with Crippen LogP contribution >= 0.6 is 0 Å². The molecule has 0 fully saturated rings. The molecule has 2 unspecified atom stereocenters. The molecule has 2 N–H and O–H groups in total. The molecule has 3 aromatic carbocycles. The summed E-state index contributed by atoms with van der Waals surface area (Å²) in [4.78, 5) is 26.3. The standard InChI is InChI=1S/C25H25N3O5/c1-16(33-18-9-5-4-6-10-18)24(29)27-28-23(17-13-14-21(31-2)22(15-17)32-3)26-20-12-8-7-11-19(20)25(28)30/h4-16,23,26H,1-3H3,(H,27,29). The first-order valence-corrected chi connectivity index (χ1v) is 10.4. The second-order valence-electron chi connectivity index (χ2n) is 7.43. The van der Waals surface area contributed by atoms with Crippen LogP contribution in [0.5, 0.6) is 17.2 Å². The van der Waals surface area contributed by atoms with Gasteiger partial charge in [-0.25, -0.2) is 5.01 Å². The predicted octanol–water partition coefficient (Wildman–Crippen LogP) is 3.77. The van der Waals surface area contributed by atoms with Crippen LogP contribution in [0.15, 0.2) is 72.8 Å². The number of hydrogen-bond donors (Lipinski definition) is 2. The fraction of sp³-hybridized carbons (Fsp3) is 0.200. The second kappa shape index (κ2) is 9.52. The molecule has 0 radical (unpaired) electrons. The number of amides is 2. The monoisotopic (exact) mass is 447 g/mol. The summed E-state index contributed by atoms with van der Waals surface area (Å²) in [6, 6.07) is 21.5. The van der Waals surface area contributed by atoms with Gasteiger partial charge in [-0.05, 0) is 43.3 Å². The fourth-order valence-electron chi connectivity index (χ4n) is 3.59. The molecule has 0 aromatic heterocycles. The van der Waals surface area contributed by atoms with Crippen molar-refractivity contribution in [2.45, 2.75) is 19.2 Å². The molecular formula is C25H25N3O5. The van der Waals surface area contributed by atoms with E-state index in [0.717, 1.165) is 0 Å². The van der Waals surface area contributed by atoms with E-state index in [1.54, 1.807) is 57.5 Å². The van der Waals surface area contributed by atoms with Crippen molar-refractivity contribution in [1.82, 2.24) is 10.4 Å². The van der Waals surface area contributed by atoms with E-state index < -0.39 is 18.2 Å². The Morgan fingerprint density at radius 3 is 2.39 bits per heavy atom. The first-order valence-electron chi connectivity index (χ1n) is 10.4. The average Bonchev–Trinajstić information content (AvgIpc) is 2.85. The number of fused-ring (bicyclic) bond motifs is 1. The largest absolute Gasteiger partial charge is 0.493 e. The fourth-order valence-corrected chi connectivity index (χ4v) is 3.59. The molecule has 0 bridgehead atoms. The van der Waals surface area contributed by atoms with Crippen LogP contribution in [0.25, 0.3) is 0 Å². The van der Waals surface area contributed by atoms with Crippen molar-refractivity contribution < 1.29 is 23.8 Å². The number of methoxy groups -OCH3 is 2. The third kappa shape index (κ3) is 4.55. The number of benzene rings is 3. The highest BCUT2D eigenvalue weighted by molar-refractivity contribution is 6.02. The maximum absolute atomic E-state index is 13.4. The molecule has 8 nitrogen and oxygen atoms in total. The lowest BCUT2D eigenvalue weighted by Crippen LogP contribution is -2.55. The molecule has 0 aliphatic carbocycles. The first-order chi connectivity index (χ1) is 16.0. The molecule has 1 aliphatic rings. The Kier molecular flexibility index (Phi) is 6.35. The van der Waals surface area contributed by atoms with Crippen molar-refractivity contribution in [3.8, 4) is 17.2 Å². The van der Waals surface area contributed by atoms with Crippen molar-refractivity contribution in [3.63, 3.8) is 0 Å². The topological polar surface area (TPSA) is 89.1 Å². The first kappa shape index (κ1) is 22.0. The van der Waals surface area contributed by atoms with Crippen LogP contribution in [-0.2, 0) is 4.79 Å². The maximum Gasteiger partial charge on any atom is 0.279 e. The highest BCUT2D eigenvalue weighted by Gasteiger charge is 2.35. The Morgan fingerprint density at radius 2 is 1.67 bits per heavy atom. The number of hydrazine groups is 1. The second-order valence-corrected chi connectivity index (χ2v) is 7.43. The molecule has 33 heavy (non-hydrogen) atoms. The van der Waals surface area contributed by atoms with Gasteiger partial charge in [-0.1, -0.05) is 36.4 Å². The zero-order valence-electron chi connectivity index (χ0n) is 18.6. The third-order valence-electron chi connectivity index (χ3n) is 5.31. The number of nitrogens with zero attached hydrogens (tertiary/aromatic N) is 1. The molecule has 170 valence electrons. The van der Waals surface area contributed by atoms with Gasteiger partial charge in [0.05, 0.1) is 19.8 Å². The highest BCUT2D eigenvalue weighted by Crippen LogP contribution is 2.36. The van der Waals surface area contributed by atoms with Gasteiger partial charge < -0.3 is 19.5 Å². The SMILES string of the molecule is COc1ccc(C2Nc3ccccc3C(=O)N2NC(=O)C(C)Oc2ccccc2)cc1OC. The molecule has 0 saturated carbocycles. The zero-order chi connectivity index (χ0) is 23.4.